The quantitative estimate of drug-likeness (QED) is 0.521. The Morgan fingerprint density at radius 1 is 1.06 bits per heavy atom. The molecule has 0 unspecified atom stereocenters. The van der Waals surface area contributed by atoms with Gasteiger partial charge in [0.1, 0.15) is 0 Å². The smallest absolute Gasteiger partial charge is 0.516 e. The Morgan fingerprint density at radius 3 is 2.25 bits per heavy atom. The van der Waals surface area contributed by atoms with Gasteiger partial charge in [-0.15, -0.1) is 0 Å². The molecule has 5 nitrogen and oxygen atoms in total. The van der Waals surface area contributed by atoms with Crippen LogP contribution in [-0.2, 0) is 4.65 Å². The zero-order chi connectivity index (χ0) is 12.2. The van der Waals surface area contributed by atoms with E-state index in [2.05, 4.69) is 0 Å². The van der Waals surface area contributed by atoms with Gasteiger partial charge < -0.3 is 24.9 Å². The van der Waals surface area contributed by atoms with Crippen LogP contribution >= 0.6 is 0 Å². The Kier molecular flexibility index (Phi) is 10.6. The number of aliphatic hydroxyl groups is 2. The first-order chi connectivity index (χ1) is 7.70. The highest BCUT2D eigenvalue weighted by molar-refractivity contribution is 6.33. The highest BCUT2D eigenvalue weighted by Crippen LogP contribution is 2.17. The van der Waals surface area contributed by atoms with Crippen LogP contribution in [0.1, 0.15) is 38.5 Å². The molecule has 0 radical (unpaired) electrons. The number of hydrogen-bond donors (Lipinski definition) is 4. The maximum absolute atomic E-state index is 8.56. The van der Waals surface area contributed by atoms with E-state index in [0.717, 1.165) is 25.0 Å². The molecular weight excluding hydrogens is 211 g/mol. The Labute approximate surface area is 96.6 Å². The summed E-state index contributed by atoms with van der Waals surface area (Å²) in [6.45, 7) is -0.250. The highest BCUT2D eigenvalue weighted by atomic mass is 16.6. The summed E-state index contributed by atoms with van der Waals surface area (Å²) in [6, 6.07) is 0. The summed E-state index contributed by atoms with van der Waals surface area (Å²) in [5.41, 5.74) is 0. The minimum Gasteiger partial charge on any atom is -0.516 e. The molecule has 0 spiro atoms. The Hall–Kier alpha value is -0.555. The average molecular weight is 232 g/mol. The first kappa shape index (κ1) is 15.4. The first-order valence-electron chi connectivity index (χ1n) is 5.64. The van der Waals surface area contributed by atoms with Crippen molar-refractivity contribution in [3.63, 3.8) is 0 Å². The van der Waals surface area contributed by atoms with Crippen LogP contribution in [0.2, 0.25) is 0 Å². The fourth-order valence-electron chi connectivity index (χ4n) is 1.40. The standard InChI is InChI=1S/C8H15BO3.C2H6O2/c10-9(11)12-8-6-4-2-1-3-5-7-8;3-1-2-4/h6,10-11H,1-5,7H2;3-4H,1-2H2. The van der Waals surface area contributed by atoms with Gasteiger partial charge in [-0.1, -0.05) is 12.8 Å². The Bertz CT molecular complexity index is 182. The van der Waals surface area contributed by atoms with E-state index in [9.17, 15) is 0 Å². The molecule has 0 bridgehead atoms. The van der Waals surface area contributed by atoms with Gasteiger partial charge in [0, 0.05) is 6.42 Å². The Morgan fingerprint density at radius 2 is 1.69 bits per heavy atom. The maximum atomic E-state index is 8.56. The van der Waals surface area contributed by atoms with E-state index in [1.54, 1.807) is 0 Å². The molecule has 1 rings (SSSR count). The van der Waals surface area contributed by atoms with Crippen molar-refractivity contribution < 1.29 is 24.9 Å². The van der Waals surface area contributed by atoms with Gasteiger partial charge in [0.15, 0.2) is 0 Å². The topological polar surface area (TPSA) is 90.2 Å². The lowest BCUT2D eigenvalue weighted by molar-refractivity contribution is 0.186. The molecule has 0 saturated carbocycles. The third kappa shape index (κ3) is 9.98. The highest BCUT2D eigenvalue weighted by Gasteiger charge is 2.13. The first-order valence-corrected chi connectivity index (χ1v) is 5.64. The summed E-state index contributed by atoms with van der Waals surface area (Å²) in [5.74, 6) is 0.727. The van der Waals surface area contributed by atoms with Crippen LogP contribution in [0.25, 0.3) is 0 Å². The molecule has 0 heterocycles. The molecule has 94 valence electrons. The van der Waals surface area contributed by atoms with Crippen molar-refractivity contribution >= 4 is 7.32 Å². The number of aliphatic hydroxyl groups excluding tert-OH is 2. The predicted octanol–water partition coefficient (Wildman–Crippen LogP) is 0.182. The normalized spacial score (nSPS) is 16.1. The van der Waals surface area contributed by atoms with Crippen molar-refractivity contribution in [2.24, 2.45) is 0 Å². The van der Waals surface area contributed by atoms with E-state index in [1.165, 1.54) is 19.3 Å². The van der Waals surface area contributed by atoms with Crippen molar-refractivity contribution in [1.29, 1.82) is 0 Å². The van der Waals surface area contributed by atoms with E-state index < -0.39 is 7.32 Å². The predicted molar refractivity (Wildman–Crippen MR) is 61.2 cm³/mol. The SMILES string of the molecule is OB(O)OC1=CCCCCCC1.OCCO. The van der Waals surface area contributed by atoms with E-state index in [1.807, 2.05) is 6.08 Å². The molecule has 0 aromatic rings. The molecule has 1 aliphatic carbocycles. The Balaban J connectivity index is 0.000000487. The van der Waals surface area contributed by atoms with Crippen molar-refractivity contribution in [1.82, 2.24) is 0 Å². The van der Waals surface area contributed by atoms with Crippen molar-refractivity contribution in [2.45, 2.75) is 38.5 Å². The monoisotopic (exact) mass is 232 g/mol. The van der Waals surface area contributed by atoms with Crippen LogP contribution < -0.4 is 0 Å². The van der Waals surface area contributed by atoms with Gasteiger partial charge >= 0.3 is 7.32 Å². The van der Waals surface area contributed by atoms with E-state index in [4.69, 9.17) is 24.9 Å². The summed E-state index contributed by atoms with van der Waals surface area (Å²) < 4.78 is 4.80. The van der Waals surface area contributed by atoms with Gasteiger partial charge in [0.25, 0.3) is 0 Å². The second kappa shape index (κ2) is 10.9. The minimum absolute atomic E-state index is 0.125. The molecule has 0 fully saturated rings. The lowest BCUT2D eigenvalue weighted by Crippen LogP contribution is -2.16. The number of rotatable bonds is 3. The van der Waals surface area contributed by atoms with Crippen LogP contribution in [0.3, 0.4) is 0 Å². The molecular formula is C10H21BO5. The van der Waals surface area contributed by atoms with Gasteiger partial charge in [0.05, 0.1) is 19.0 Å². The third-order valence-corrected chi connectivity index (χ3v) is 2.11. The molecule has 0 amide bonds. The molecule has 0 atom stereocenters. The van der Waals surface area contributed by atoms with Crippen LogP contribution in [0.5, 0.6) is 0 Å². The molecule has 4 N–H and O–H groups in total. The number of hydrogen-bond acceptors (Lipinski definition) is 5. The van der Waals surface area contributed by atoms with E-state index >= 15 is 0 Å². The maximum Gasteiger partial charge on any atom is 0.707 e. The largest absolute Gasteiger partial charge is 0.707 e. The van der Waals surface area contributed by atoms with Crippen LogP contribution in [0.15, 0.2) is 11.8 Å². The molecule has 0 aromatic carbocycles. The molecule has 6 heteroatoms. The fraction of sp³-hybridized carbons (Fsp3) is 0.800. The van der Waals surface area contributed by atoms with Gasteiger partial charge in [-0.3, -0.25) is 0 Å². The van der Waals surface area contributed by atoms with E-state index in [0.29, 0.717) is 0 Å². The molecule has 1 aliphatic rings. The van der Waals surface area contributed by atoms with Crippen LogP contribution in [-0.4, -0.2) is 40.8 Å². The summed E-state index contributed by atoms with van der Waals surface area (Å²) in [6.07, 6.45) is 8.51. The molecule has 16 heavy (non-hydrogen) atoms. The van der Waals surface area contributed by atoms with Gasteiger partial charge in [-0.25, -0.2) is 0 Å². The fourth-order valence-corrected chi connectivity index (χ4v) is 1.40. The summed E-state index contributed by atoms with van der Waals surface area (Å²) in [4.78, 5) is 0. The van der Waals surface area contributed by atoms with E-state index in [-0.39, 0.29) is 13.2 Å². The van der Waals surface area contributed by atoms with Crippen molar-refractivity contribution in [2.75, 3.05) is 13.2 Å². The lowest BCUT2D eigenvalue weighted by atomic mass is 10.0. The number of allylic oxidation sites excluding steroid dienone is 2. The summed E-state index contributed by atoms with van der Waals surface area (Å²) in [7, 11) is -1.66. The molecule has 0 aliphatic heterocycles. The van der Waals surface area contributed by atoms with Gasteiger partial charge in [-0.2, -0.15) is 0 Å². The zero-order valence-electron chi connectivity index (χ0n) is 9.51. The van der Waals surface area contributed by atoms with Crippen molar-refractivity contribution in [3.05, 3.63) is 11.8 Å². The molecule has 0 aromatic heterocycles. The van der Waals surface area contributed by atoms with Crippen molar-refractivity contribution in [3.8, 4) is 0 Å². The minimum atomic E-state index is -1.66. The van der Waals surface area contributed by atoms with Gasteiger partial charge in [0.2, 0.25) is 0 Å². The average Bonchev–Trinajstić information content (AvgIpc) is 2.22. The van der Waals surface area contributed by atoms with Crippen LogP contribution in [0, 0.1) is 0 Å². The third-order valence-electron chi connectivity index (χ3n) is 2.11. The van der Waals surface area contributed by atoms with Crippen LogP contribution in [0.4, 0.5) is 0 Å². The zero-order valence-corrected chi connectivity index (χ0v) is 9.51. The second-order valence-corrected chi connectivity index (χ2v) is 3.51. The summed E-state index contributed by atoms with van der Waals surface area (Å²) >= 11 is 0. The second-order valence-electron chi connectivity index (χ2n) is 3.51. The summed E-state index contributed by atoms with van der Waals surface area (Å²) in [5, 5.41) is 32.4. The lowest BCUT2D eigenvalue weighted by Gasteiger charge is -2.12. The molecule has 0 saturated heterocycles. The van der Waals surface area contributed by atoms with Gasteiger partial charge in [-0.05, 0) is 25.3 Å².